The summed E-state index contributed by atoms with van der Waals surface area (Å²) in [5.41, 5.74) is 1.64. The molecule has 0 bridgehead atoms. The Balaban J connectivity index is 2.30. The quantitative estimate of drug-likeness (QED) is 0.576. The second-order valence-electron chi connectivity index (χ2n) is 1.91. The second-order valence-corrected chi connectivity index (χ2v) is 1.91. The maximum Gasteiger partial charge on any atom is 0.132 e. The lowest BCUT2D eigenvalue weighted by atomic mass is 10.3. The molecule has 10 heavy (non-hydrogen) atoms. The van der Waals surface area contributed by atoms with Crippen LogP contribution in [0.15, 0.2) is 35.2 Å². The molecule has 1 aliphatic rings. The summed E-state index contributed by atoms with van der Waals surface area (Å²) in [5, 5.41) is 7.76. The van der Waals surface area contributed by atoms with Crippen LogP contribution in [-0.4, -0.2) is 5.16 Å². The predicted octanol–water partition coefficient (Wildman–Crippen LogP) is 1.15. The highest BCUT2D eigenvalue weighted by atomic mass is 16.5. The highest BCUT2D eigenvalue weighted by Crippen LogP contribution is 2.12. The lowest BCUT2D eigenvalue weighted by molar-refractivity contribution is 0.417. The summed E-state index contributed by atoms with van der Waals surface area (Å²) in [6.45, 7) is 0. The molecule has 3 nitrogen and oxygen atoms in total. The third-order valence-corrected chi connectivity index (χ3v) is 1.25. The molecular weight excluding hydrogens is 128 g/mol. The monoisotopic (exact) mass is 133 g/mol. The predicted molar refractivity (Wildman–Crippen MR) is 35.8 cm³/mol. The molecule has 1 aromatic heterocycles. The number of hydrogen-bond donors (Lipinski definition) is 0. The minimum absolute atomic E-state index is 0.782. The molecule has 2 rings (SSSR count). The average molecular weight is 133 g/mol. The van der Waals surface area contributed by atoms with Crippen LogP contribution in [-0.2, 0) is 0 Å². The SMILES string of the molecule is C1=C[N]C(c2ccon2)=C1. The molecule has 0 amide bonds. The Kier molecular flexibility index (Phi) is 1.07. The van der Waals surface area contributed by atoms with Crippen molar-refractivity contribution in [3.8, 4) is 0 Å². The smallest absolute Gasteiger partial charge is 0.132 e. The fourth-order valence-electron chi connectivity index (χ4n) is 0.797. The van der Waals surface area contributed by atoms with E-state index in [4.69, 9.17) is 0 Å². The van der Waals surface area contributed by atoms with Gasteiger partial charge in [-0.1, -0.05) is 5.16 Å². The minimum atomic E-state index is 0.782. The van der Waals surface area contributed by atoms with Crippen LogP contribution in [0.25, 0.3) is 5.70 Å². The number of hydrogen-bond acceptors (Lipinski definition) is 2. The molecule has 0 N–H and O–H groups in total. The molecule has 0 aliphatic carbocycles. The van der Waals surface area contributed by atoms with Crippen LogP contribution >= 0.6 is 0 Å². The first-order chi connectivity index (χ1) is 4.97. The summed E-state index contributed by atoms with van der Waals surface area (Å²) >= 11 is 0. The summed E-state index contributed by atoms with van der Waals surface area (Å²) < 4.78 is 4.65. The van der Waals surface area contributed by atoms with Crippen LogP contribution in [0.5, 0.6) is 0 Å². The summed E-state index contributed by atoms with van der Waals surface area (Å²) in [7, 11) is 0. The van der Waals surface area contributed by atoms with Crippen molar-refractivity contribution in [2.24, 2.45) is 0 Å². The van der Waals surface area contributed by atoms with Crippen molar-refractivity contribution in [1.29, 1.82) is 0 Å². The largest absolute Gasteiger partial charge is 0.364 e. The standard InChI is InChI=1S/C7H5N2O/c1-2-6(8-4-1)7-3-5-10-9-7/h1-5H. The van der Waals surface area contributed by atoms with Gasteiger partial charge in [-0.2, -0.15) is 0 Å². The van der Waals surface area contributed by atoms with Crippen molar-refractivity contribution >= 4 is 5.70 Å². The lowest BCUT2D eigenvalue weighted by Crippen LogP contribution is -1.90. The fourth-order valence-corrected chi connectivity index (χ4v) is 0.797. The van der Waals surface area contributed by atoms with E-state index in [1.807, 2.05) is 12.2 Å². The van der Waals surface area contributed by atoms with Crippen molar-refractivity contribution < 1.29 is 4.52 Å². The average Bonchev–Trinajstić information content (AvgIpc) is 2.59. The third-order valence-electron chi connectivity index (χ3n) is 1.25. The topological polar surface area (TPSA) is 40.1 Å². The maximum absolute atomic E-state index is 4.65. The zero-order valence-corrected chi connectivity index (χ0v) is 5.19. The van der Waals surface area contributed by atoms with E-state index in [9.17, 15) is 0 Å². The molecule has 1 aliphatic heterocycles. The molecule has 0 saturated heterocycles. The van der Waals surface area contributed by atoms with E-state index >= 15 is 0 Å². The Morgan fingerprint density at radius 1 is 1.40 bits per heavy atom. The van der Waals surface area contributed by atoms with Gasteiger partial charge in [-0.25, -0.2) is 0 Å². The Hall–Kier alpha value is -1.51. The molecule has 0 aromatic carbocycles. The van der Waals surface area contributed by atoms with Crippen LogP contribution in [0, 0.1) is 0 Å². The Bertz CT molecular complexity index is 272. The van der Waals surface area contributed by atoms with Gasteiger partial charge in [0.2, 0.25) is 0 Å². The highest BCUT2D eigenvalue weighted by Gasteiger charge is 2.05. The molecule has 0 atom stereocenters. The zero-order chi connectivity index (χ0) is 6.81. The van der Waals surface area contributed by atoms with Gasteiger partial charge in [0.05, 0.1) is 5.70 Å². The first kappa shape index (κ1) is 5.29. The molecule has 2 heterocycles. The molecule has 1 radical (unpaired) electrons. The van der Waals surface area contributed by atoms with Gasteiger partial charge >= 0.3 is 0 Å². The zero-order valence-electron chi connectivity index (χ0n) is 5.19. The Morgan fingerprint density at radius 3 is 3.00 bits per heavy atom. The molecule has 0 unspecified atom stereocenters. The van der Waals surface area contributed by atoms with Crippen LogP contribution in [0.3, 0.4) is 0 Å². The van der Waals surface area contributed by atoms with E-state index in [2.05, 4.69) is 15.0 Å². The summed E-state index contributed by atoms with van der Waals surface area (Å²) in [4.78, 5) is 0. The van der Waals surface area contributed by atoms with E-state index < -0.39 is 0 Å². The molecule has 3 heteroatoms. The van der Waals surface area contributed by atoms with Gasteiger partial charge in [0.15, 0.2) is 0 Å². The number of rotatable bonds is 1. The van der Waals surface area contributed by atoms with Crippen molar-refractivity contribution in [3.63, 3.8) is 0 Å². The molecule has 49 valence electrons. The van der Waals surface area contributed by atoms with Gasteiger partial charge in [-0.15, -0.1) is 0 Å². The van der Waals surface area contributed by atoms with Crippen molar-refractivity contribution in [3.05, 3.63) is 36.4 Å². The Labute approximate surface area is 58.0 Å². The second kappa shape index (κ2) is 2.02. The fraction of sp³-hybridized carbons (Fsp3) is 0. The van der Waals surface area contributed by atoms with Crippen molar-refractivity contribution in [2.75, 3.05) is 0 Å². The highest BCUT2D eigenvalue weighted by molar-refractivity contribution is 5.65. The normalized spacial score (nSPS) is 15.0. The summed E-state index contributed by atoms with van der Waals surface area (Å²) in [6, 6.07) is 1.78. The van der Waals surface area contributed by atoms with E-state index in [1.54, 1.807) is 12.3 Å². The van der Waals surface area contributed by atoms with Gasteiger partial charge in [0.25, 0.3) is 0 Å². The van der Waals surface area contributed by atoms with E-state index in [0.717, 1.165) is 11.4 Å². The lowest BCUT2D eigenvalue weighted by Gasteiger charge is -1.90. The van der Waals surface area contributed by atoms with Gasteiger partial charge in [0, 0.05) is 12.3 Å². The van der Waals surface area contributed by atoms with Crippen molar-refractivity contribution in [1.82, 2.24) is 10.5 Å². The third kappa shape index (κ3) is 0.719. The van der Waals surface area contributed by atoms with Gasteiger partial charge in [-0.3, -0.25) is 5.32 Å². The van der Waals surface area contributed by atoms with E-state index in [1.165, 1.54) is 6.26 Å². The summed E-state index contributed by atoms with van der Waals surface area (Å²) in [5.74, 6) is 0. The first-order valence-electron chi connectivity index (χ1n) is 2.95. The first-order valence-corrected chi connectivity index (χ1v) is 2.95. The minimum Gasteiger partial charge on any atom is -0.364 e. The van der Waals surface area contributed by atoms with Gasteiger partial charge in [-0.05, 0) is 12.2 Å². The molecule has 0 saturated carbocycles. The maximum atomic E-state index is 4.65. The van der Waals surface area contributed by atoms with Crippen LogP contribution in [0.2, 0.25) is 0 Å². The van der Waals surface area contributed by atoms with Crippen LogP contribution < -0.4 is 5.32 Å². The van der Waals surface area contributed by atoms with Gasteiger partial charge in [0.1, 0.15) is 12.0 Å². The molecule has 0 fully saturated rings. The molecular formula is C7H5N2O. The number of allylic oxidation sites excluding steroid dienone is 2. The summed E-state index contributed by atoms with van der Waals surface area (Å²) in [6.07, 6.45) is 7.01. The van der Waals surface area contributed by atoms with Crippen molar-refractivity contribution in [2.45, 2.75) is 0 Å². The van der Waals surface area contributed by atoms with E-state index in [-0.39, 0.29) is 0 Å². The van der Waals surface area contributed by atoms with Gasteiger partial charge < -0.3 is 4.52 Å². The Morgan fingerprint density at radius 2 is 2.40 bits per heavy atom. The van der Waals surface area contributed by atoms with Crippen LogP contribution in [0.4, 0.5) is 0 Å². The number of nitrogens with zero attached hydrogens (tertiary/aromatic N) is 2. The molecule has 1 aromatic rings. The van der Waals surface area contributed by atoms with Crippen LogP contribution in [0.1, 0.15) is 5.69 Å². The molecule has 0 spiro atoms. The number of aromatic nitrogens is 1. The van der Waals surface area contributed by atoms with E-state index in [0.29, 0.717) is 0 Å².